The summed E-state index contributed by atoms with van der Waals surface area (Å²) in [6.07, 6.45) is -0.645. The highest BCUT2D eigenvalue weighted by atomic mass is 32.2. The van der Waals surface area contributed by atoms with E-state index in [1.165, 1.54) is 33.2 Å². The van der Waals surface area contributed by atoms with Gasteiger partial charge in [0.2, 0.25) is 10.0 Å². The Morgan fingerprint density at radius 3 is 2.42 bits per heavy atom. The normalized spacial score (nSPS) is 13.5. The zero-order valence-corrected chi connectivity index (χ0v) is 11.7. The van der Waals surface area contributed by atoms with E-state index in [-0.39, 0.29) is 17.0 Å². The van der Waals surface area contributed by atoms with E-state index in [4.69, 9.17) is 0 Å². The summed E-state index contributed by atoms with van der Waals surface area (Å²) in [5, 5.41) is 20.2. The SMILES string of the molecule is CC(O)Cc1ccc(S(=O)(=O)N(C)C)cc1[N+](=O)[O-]. The summed E-state index contributed by atoms with van der Waals surface area (Å²) in [7, 11) is -1.01. The lowest BCUT2D eigenvalue weighted by Gasteiger charge is -2.12. The molecule has 0 heterocycles. The van der Waals surface area contributed by atoms with Crippen LogP contribution >= 0.6 is 0 Å². The number of sulfonamides is 1. The van der Waals surface area contributed by atoms with Crippen molar-refractivity contribution in [1.29, 1.82) is 0 Å². The predicted octanol–water partition coefficient (Wildman–Crippen LogP) is 0.768. The number of nitro groups is 1. The summed E-state index contributed by atoms with van der Waals surface area (Å²) in [4.78, 5) is 10.2. The van der Waals surface area contributed by atoms with Gasteiger partial charge in [-0.3, -0.25) is 10.1 Å². The van der Waals surface area contributed by atoms with Crippen LogP contribution in [0.1, 0.15) is 12.5 Å². The number of benzene rings is 1. The lowest BCUT2D eigenvalue weighted by atomic mass is 10.1. The molecule has 1 N–H and O–H groups in total. The second-order valence-electron chi connectivity index (χ2n) is 4.39. The van der Waals surface area contributed by atoms with Gasteiger partial charge in [0.1, 0.15) is 0 Å². The molecule has 0 saturated heterocycles. The van der Waals surface area contributed by atoms with Crippen molar-refractivity contribution in [2.24, 2.45) is 0 Å². The maximum absolute atomic E-state index is 11.9. The number of aliphatic hydroxyl groups is 1. The highest BCUT2D eigenvalue weighted by Crippen LogP contribution is 2.25. The molecule has 106 valence electrons. The van der Waals surface area contributed by atoms with E-state index in [2.05, 4.69) is 0 Å². The quantitative estimate of drug-likeness (QED) is 0.637. The van der Waals surface area contributed by atoms with Crippen molar-refractivity contribution >= 4 is 15.7 Å². The number of rotatable bonds is 5. The fourth-order valence-corrected chi connectivity index (χ4v) is 2.50. The minimum absolute atomic E-state index is 0.0958. The van der Waals surface area contributed by atoms with Gasteiger partial charge >= 0.3 is 0 Å². The molecule has 0 aromatic heterocycles. The van der Waals surface area contributed by atoms with Gasteiger partial charge in [0.05, 0.1) is 15.9 Å². The molecule has 0 saturated carbocycles. The van der Waals surface area contributed by atoms with Crippen LogP contribution in [0.5, 0.6) is 0 Å². The predicted molar refractivity (Wildman–Crippen MR) is 69.4 cm³/mol. The van der Waals surface area contributed by atoms with E-state index < -0.39 is 21.1 Å². The Morgan fingerprint density at radius 2 is 2.00 bits per heavy atom. The Bertz CT molecular complexity index is 581. The van der Waals surface area contributed by atoms with Gasteiger partial charge in [-0.15, -0.1) is 0 Å². The summed E-state index contributed by atoms with van der Waals surface area (Å²) in [5.74, 6) is 0. The van der Waals surface area contributed by atoms with Crippen LogP contribution in [0.2, 0.25) is 0 Å². The largest absolute Gasteiger partial charge is 0.393 e. The molecule has 0 bridgehead atoms. The summed E-state index contributed by atoms with van der Waals surface area (Å²) in [6.45, 7) is 1.51. The molecule has 0 amide bonds. The number of hydrogen-bond donors (Lipinski definition) is 1. The zero-order chi connectivity index (χ0) is 14.8. The van der Waals surface area contributed by atoms with Gasteiger partial charge in [0, 0.05) is 32.1 Å². The first kappa shape index (κ1) is 15.5. The smallest absolute Gasteiger partial charge is 0.274 e. The molecule has 1 rings (SSSR count). The average molecular weight is 288 g/mol. The van der Waals surface area contributed by atoms with Crippen molar-refractivity contribution in [3.8, 4) is 0 Å². The Balaban J connectivity index is 3.36. The molecule has 0 fully saturated rings. The molecular formula is C11H16N2O5S. The number of nitrogens with zero attached hydrogens (tertiary/aromatic N) is 2. The first-order valence-corrected chi connectivity index (χ1v) is 6.98. The van der Waals surface area contributed by atoms with E-state index in [0.717, 1.165) is 10.4 Å². The minimum atomic E-state index is -3.71. The van der Waals surface area contributed by atoms with E-state index >= 15 is 0 Å². The van der Waals surface area contributed by atoms with Crippen molar-refractivity contribution in [1.82, 2.24) is 4.31 Å². The van der Waals surface area contributed by atoms with Crippen LogP contribution in [0.25, 0.3) is 0 Å². The summed E-state index contributed by atoms with van der Waals surface area (Å²) >= 11 is 0. The Morgan fingerprint density at radius 1 is 1.42 bits per heavy atom. The first-order valence-electron chi connectivity index (χ1n) is 5.54. The van der Waals surface area contributed by atoms with Gasteiger partial charge in [0.15, 0.2) is 0 Å². The highest BCUT2D eigenvalue weighted by molar-refractivity contribution is 7.89. The second kappa shape index (κ2) is 5.64. The van der Waals surface area contributed by atoms with Crippen LogP contribution in [0.15, 0.2) is 23.1 Å². The molecule has 0 aliphatic rings. The lowest BCUT2D eigenvalue weighted by molar-refractivity contribution is -0.385. The monoisotopic (exact) mass is 288 g/mol. The molecule has 1 unspecified atom stereocenters. The van der Waals surface area contributed by atoms with Crippen LogP contribution in [-0.2, 0) is 16.4 Å². The first-order chi connectivity index (χ1) is 8.66. The molecular weight excluding hydrogens is 272 g/mol. The topological polar surface area (TPSA) is 101 Å². The average Bonchev–Trinajstić information content (AvgIpc) is 2.27. The van der Waals surface area contributed by atoms with Crippen LogP contribution in [0.3, 0.4) is 0 Å². The van der Waals surface area contributed by atoms with E-state index in [0.29, 0.717) is 5.56 Å². The standard InChI is InChI=1S/C11H16N2O5S/c1-8(14)6-9-4-5-10(7-11(9)13(15)16)19(17,18)12(2)3/h4-5,7-8,14H,6H2,1-3H3. The fraction of sp³-hybridized carbons (Fsp3) is 0.455. The van der Waals surface area contributed by atoms with Crippen LogP contribution < -0.4 is 0 Å². The third kappa shape index (κ3) is 3.49. The van der Waals surface area contributed by atoms with Gasteiger partial charge in [-0.1, -0.05) is 6.07 Å². The summed E-state index contributed by atoms with van der Waals surface area (Å²) < 4.78 is 24.8. The van der Waals surface area contributed by atoms with Gasteiger partial charge in [-0.05, 0) is 13.0 Å². The van der Waals surface area contributed by atoms with Crippen LogP contribution in [0, 0.1) is 10.1 Å². The molecule has 1 atom stereocenters. The van der Waals surface area contributed by atoms with Crippen molar-refractivity contribution in [3.63, 3.8) is 0 Å². The van der Waals surface area contributed by atoms with E-state index in [1.807, 2.05) is 0 Å². The molecule has 0 radical (unpaired) electrons. The molecule has 0 spiro atoms. The van der Waals surface area contributed by atoms with Gasteiger partial charge < -0.3 is 5.11 Å². The summed E-state index contributed by atoms with van der Waals surface area (Å²) in [5.41, 5.74) is 0.00142. The number of hydrogen-bond acceptors (Lipinski definition) is 5. The van der Waals surface area contributed by atoms with E-state index in [1.54, 1.807) is 0 Å². The van der Waals surface area contributed by atoms with Gasteiger partial charge in [-0.2, -0.15) is 0 Å². The number of nitro benzene ring substituents is 1. The molecule has 19 heavy (non-hydrogen) atoms. The molecule has 0 aliphatic carbocycles. The van der Waals surface area contributed by atoms with Crippen molar-refractivity contribution in [2.45, 2.75) is 24.3 Å². The van der Waals surface area contributed by atoms with Crippen molar-refractivity contribution in [2.75, 3.05) is 14.1 Å². The highest BCUT2D eigenvalue weighted by Gasteiger charge is 2.23. The Kier molecular flexibility index (Phi) is 4.61. The maximum atomic E-state index is 11.9. The molecule has 0 aliphatic heterocycles. The lowest BCUT2D eigenvalue weighted by Crippen LogP contribution is -2.22. The Labute approximate surface area is 111 Å². The third-order valence-electron chi connectivity index (χ3n) is 2.55. The summed E-state index contributed by atoms with van der Waals surface area (Å²) in [6, 6.07) is 3.69. The van der Waals surface area contributed by atoms with Gasteiger partial charge in [-0.25, -0.2) is 12.7 Å². The molecule has 1 aromatic rings. The molecule has 8 heteroatoms. The van der Waals surface area contributed by atoms with E-state index in [9.17, 15) is 23.6 Å². The minimum Gasteiger partial charge on any atom is -0.393 e. The number of aliphatic hydroxyl groups excluding tert-OH is 1. The third-order valence-corrected chi connectivity index (χ3v) is 4.36. The molecule has 7 nitrogen and oxygen atoms in total. The van der Waals surface area contributed by atoms with Crippen LogP contribution in [0.4, 0.5) is 5.69 Å². The van der Waals surface area contributed by atoms with Crippen LogP contribution in [-0.4, -0.2) is 43.0 Å². The van der Waals surface area contributed by atoms with Gasteiger partial charge in [0.25, 0.3) is 5.69 Å². The zero-order valence-electron chi connectivity index (χ0n) is 10.9. The molecule has 1 aromatic carbocycles. The fourth-order valence-electron chi connectivity index (χ4n) is 1.58. The Hall–Kier alpha value is -1.51. The second-order valence-corrected chi connectivity index (χ2v) is 6.54. The maximum Gasteiger partial charge on any atom is 0.274 e. The van der Waals surface area contributed by atoms with Crippen molar-refractivity contribution in [3.05, 3.63) is 33.9 Å². The van der Waals surface area contributed by atoms with Crippen molar-refractivity contribution < 1.29 is 18.4 Å².